The van der Waals surface area contributed by atoms with E-state index in [9.17, 15) is 9.90 Å². The van der Waals surface area contributed by atoms with Gasteiger partial charge in [-0.15, -0.1) is 0 Å². The van der Waals surface area contributed by atoms with Crippen LogP contribution in [0, 0.1) is 11.8 Å². The van der Waals surface area contributed by atoms with Crippen LogP contribution in [0.4, 0.5) is 5.69 Å². The lowest BCUT2D eigenvalue weighted by molar-refractivity contribution is -0.117. The van der Waals surface area contributed by atoms with Crippen molar-refractivity contribution in [3.63, 3.8) is 0 Å². The van der Waals surface area contributed by atoms with E-state index < -0.39 is 6.10 Å². The Kier molecular flexibility index (Phi) is 7.14. The van der Waals surface area contributed by atoms with Gasteiger partial charge in [0.2, 0.25) is 5.91 Å². The van der Waals surface area contributed by atoms with Gasteiger partial charge in [0.15, 0.2) is 0 Å². The average Bonchev–Trinajstić information content (AvgIpc) is 2.74. The van der Waals surface area contributed by atoms with E-state index in [2.05, 4.69) is 13.0 Å². The minimum absolute atomic E-state index is 0.000229. The van der Waals surface area contributed by atoms with Crippen LogP contribution < -0.4 is 9.64 Å². The lowest BCUT2D eigenvalue weighted by atomic mass is 9.76. The number of carbonyl (C=O) groups excluding carboxylic acids is 1. The molecule has 0 aromatic heterocycles. The molecule has 0 radical (unpaired) electrons. The molecule has 0 bridgehead atoms. The van der Waals surface area contributed by atoms with Gasteiger partial charge in [0, 0.05) is 37.6 Å². The van der Waals surface area contributed by atoms with Gasteiger partial charge < -0.3 is 19.5 Å². The maximum absolute atomic E-state index is 12.6. The third kappa shape index (κ3) is 4.73. The summed E-state index contributed by atoms with van der Waals surface area (Å²) in [6, 6.07) is 7.55. The van der Waals surface area contributed by atoms with E-state index in [1.54, 1.807) is 21.1 Å². The molecule has 29 heavy (non-hydrogen) atoms. The van der Waals surface area contributed by atoms with Crippen molar-refractivity contribution in [1.82, 2.24) is 0 Å². The van der Waals surface area contributed by atoms with Crippen molar-refractivity contribution in [2.24, 2.45) is 11.8 Å². The molecule has 2 aliphatic rings. The van der Waals surface area contributed by atoms with Crippen molar-refractivity contribution in [2.75, 3.05) is 19.1 Å². The Balaban J connectivity index is 1.87. The summed E-state index contributed by atoms with van der Waals surface area (Å²) < 4.78 is 10.7. The summed E-state index contributed by atoms with van der Waals surface area (Å²) in [5.74, 6) is 0.969. The molecule has 158 valence electrons. The minimum atomic E-state index is -0.600. The topological polar surface area (TPSA) is 59.0 Å². The van der Waals surface area contributed by atoms with E-state index in [1.165, 1.54) is 0 Å². The molecule has 1 fully saturated rings. The maximum atomic E-state index is 12.6. The van der Waals surface area contributed by atoms with E-state index in [1.807, 2.05) is 41.3 Å². The van der Waals surface area contributed by atoms with Crippen LogP contribution in [0.2, 0.25) is 0 Å². The van der Waals surface area contributed by atoms with Crippen molar-refractivity contribution in [1.29, 1.82) is 0 Å². The fourth-order valence-electron chi connectivity index (χ4n) is 4.75. The van der Waals surface area contributed by atoms with Crippen LogP contribution in [-0.4, -0.2) is 43.5 Å². The number of hydrogen-bond donors (Lipinski definition) is 1. The summed E-state index contributed by atoms with van der Waals surface area (Å²) in [6.45, 7) is 3.70. The van der Waals surface area contributed by atoms with Crippen molar-refractivity contribution < 1.29 is 19.4 Å². The van der Waals surface area contributed by atoms with Crippen molar-refractivity contribution in [2.45, 2.75) is 57.8 Å². The molecule has 5 heteroatoms. The fraction of sp³-hybridized carbons (Fsp3) is 0.542. The van der Waals surface area contributed by atoms with Crippen LogP contribution in [0.25, 0.3) is 0 Å². The van der Waals surface area contributed by atoms with Gasteiger partial charge in [0.05, 0.1) is 19.3 Å². The summed E-state index contributed by atoms with van der Waals surface area (Å²) in [4.78, 5) is 14.5. The largest absolute Gasteiger partial charge is 0.497 e. The number of ether oxygens (including phenoxy) is 2. The summed E-state index contributed by atoms with van der Waals surface area (Å²) in [5, 5.41) is 11.3. The van der Waals surface area contributed by atoms with Crippen LogP contribution in [0.15, 0.2) is 48.1 Å². The summed E-state index contributed by atoms with van der Waals surface area (Å²) in [5.41, 5.74) is 1.78. The van der Waals surface area contributed by atoms with Crippen molar-refractivity contribution >= 4 is 11.6 Å². The minimum Gasteiger partial charge on any atom is -0.497 e. The molecule has 1 saturated carbocycles. The first kappa shape index (κ1) is 21.6. The molecule has 1 aromatic carbocycles. The molecule has 0 spiro atoms. The Hall–Kier alpha value is -2.11. The van der Waals surface area contributed by atoms with Crippen LogP contribution in [-0.2, 0) is 9.53 Å². The van der Waals surface area contributed by atoms with Crippen LogP contribution in [0.1, 0.15) is 39.5 Å². The van der Waals surface area contributed by atoms with E-state index in [0.29, 0.717) is 0 Å². The zero-order valence-electron chi connectivity index (χ0n) is 17.9. The van der Waals surface area contributed by atoms with E-state index in [-0.39, 0.29) is 29.9 Å². The third-order valence-electron chi connectivity index (χ3n) is 6.27. The molecule has 1 aromatic rings. The standard InChI is InChI=1S/C24H33NO4/c1-16-15-18(9-14-23(16)29-4)24(27)21-7-5-6-8-22(21)25(17(2)26)19-10-12-20(28-3)13-11-19/h9-16,21-24,27H,5-8H2,1-4H3/t16?,21?,22?,23?,24-/m1/s1. The van der Waals surface area contributed by atoms with Gasteiger partial charge in [-0.05, 0) is 42.7 Å². The monoisotopic (exact) mass is 399 g/mol. The Morgan fingerprint density at radius 3 is 2.45 bits per heavy atom. The number of amides is 1. The highest BCUT2D eigenvalue weighted by Gasteiger charge is 2.38. The number of hydrogen-bond acceptors (Lipinski definition) is 4. The average molecular weight is 400 g/mol. The highest BCUT2D eigenvalue weighted by Crippen LogP contribution is 2.37. The summed E-state index contributed by atoms with van der Waals surface area (Å²) in [6.07, 6.45) is 9.47. The number of anilines is 1. The molecule has 0 heterocycles. The number of aliphatic hydroxyl groups excluding tert-OH is 1. The first-order valence-corrected chi connectivity index (χ1v) is 10.5. The number of methoxy groups -OCH3 is 2. The molecule has 4 unspecified atom stereocenters. The molecule has 1 N–H and O–H groups in total. The number of nitrogens with zero attached hydrogens (tertiary/aromatic N) is 1. The lowest BCUT2D eigenvalue weighted by Crippen LogP contribution is -2.49. The van der Waals surface area contributed by atoms with Gasteiger partial charge in [0.1, 0.15) is 5.75 Å². The molecule has 1 amide bonds. The molecular formula is C24H33NO4. The first-order valence-electron chi connectivity index (χ1n) is 10.5. The second-order valence-corrected chi connectivity index (χ2v) is 8.13. The van der Waals surface area contributed by atoms with E-state index >= 15 is 0 Å². The molecule has 3 rings (SSSR count). The number of rotatable bonds is 6. The van der Waals surface area contributed by atoms with E-state index in [4.69, 9.17) is 9.47 Å². The highest BCUT2D eigenvalue weighted by atomic mass is 16.5. The highest BCUT2D eigenvalue weighted by molar-refractivity contribution is 5.92. The normalized spacial score (nSPS) is 27.8. The second-order valence-electron chi connectivity index (χ2n) is 8.13. The van der Waals surface area contributed by atoms with Crippen molar-refractivity contribution in [3.8, 4) is 5.75 Å². The fourth-order valence-corrected chi connectivity index (χ4v) is 4.75. The number of carbonyl (C=O) groups is 1. The van der Waals surface area contributed by atoms with Crippen molar-refractivity contribution in [3.05, 3.63) is 48.1 Å². The molecule has 0 aliphatic heterocycles. The zero-order chi connectivity index (χ0) is 21.0. The van der Waals surface area contributed by atoms with Gasteiger partial charge in [-0.1, -0.05) is 38.0 Å². The van der Waals surface area contributed by atoms with Gasteiger partial charge in [0.25, 0.3) is 0 Å². The SMILES string of the molecule is COc1ccc(N(C(C)=O)C2CCCCC2[C@H](O)C2=CC(C)C(OC)C=C2)cc1. The second kappa shape index (κ2) is 9.59. The molecule has 5 nitrogen and oxygen atoms in total. The molecular weight excluding hydrogens is 366 g/mol. The van der Waals surface area contributed by atoms with Crippen LogP contribution in [0.3, 0.4) is 0 Å². The number of aliphatic hydroxyl groups is 1. The predicted molar refractivity (Wildman–Crippen MR) is 115 cm³/mol. The van der Waals surface area contributed by atoms with Crippen LogP contribution in [0.5, 0.6) is 5.75 Å². The quantitative estimate of drug-likeness (QED) is 0.782. The Morgan fingerprint density at radius 1 is 1.17 bits per heavy atom. The Morgan fingerprint density at radius 2 is 1.86 bits per heavy atom. The lowest BCUT2D eigenvalue weighted by Gasteiger charge is -2.42. The van der Waals surface area contributed by atoms with Gasteiger partial charge in [-0.3, -0.25) is 4.79 Å². The van der Waals surface area contributed by atoms with Gasteiger partial charge in [-0.25, -0.2) is 0 Å². The van der Waals surface area contributed by atoms with Gasteiger partial charge >= 0.3 is 0 Å². The predicted octanol–water partition coefficient (Wildman–Crippen LogP) is 4.12. The Labute approximate surface area is 174 Å². The van der Waals surface area contributed by atoms with E-state index in [0.717, 1.165) is 42.7 Å². The molecule has 0 saturated heterocycles. The zero-order valence-corrected chi connectivity index (χ0v) is 17.9. The Bertz CT molecular complexity index is 755. The maximum Gasteiger partial charge on any atom is 0.224 e. The van der Waals surface area contributed by atoms with Crippen LogP contribution >= 0.6 is 0 Å². The molecule has 5 atom stereocenters. The smallest absolute Gasteiger partial charge is 0.224 e. The third-order valence-corrected chi connectivity index (χ3v) is 6.27. The first-order chi connectivity index (χ1) is 14.0. The number of benzene rings is 1. The summed E-state index contributed by atoms with van der Waals surface area (Å²) in [7, 11) is 3.34. The van der Waals surface area contributed by atoms with Gasteiger partial charge in [-0.2, -0.15) is 0 Å². The molecule has 2 aliphatic carbocycles. The summed E-state index contributed by atoms with van der Waals surface area (Å²) >= 11 is 0.